The van der Waals surface area contributed by atoms with E-state index in [1.54, 1.807) is 11.3 Å². The average molecular weight is 233 g/mol. The molecule has 2 rings (SSSR count). The number of rotatable bonds is 4. The zero-order valence-electron chi connectivity index (χ0n) is 9.26. The standard InChI is InChI=1S/C12H15N3S/c1-2-9-3-4-10(14-6-9)5-11(13)12-7-16-8-15-12/h3-4,6-8,11H,2,5,13H2,1H3. The molecule has 0 spiro atoms. The Labute approximate surface area is 99.4 Å². The van der Waals surface area contributed by atoms with Crippen LogP contribution >= 0.6 is 11.3 Å². The molecule has 0 bridgehead atoms. The summed E-state index contributed by atoms with van der Waals surface area (Å²) in [4.78, 5) is 8.61. The number of thiazole rings is 1. The molecule has 3 nitrogen and oxygen atoms in total. The van der Waals surface area contributed by atoms with Crippen molar-refractivity contribution in [1.29, 1.82) is 0 Å². The first-order valence-electron chi connectivity index (χ1n) is 5.37. The van der Waals surface area contributed by atoms with Crippen molar-refractivity contribution in [1.82, 2.24) is 9.97 Å². The summed E-state index contributed by atoms with van der Waals surface area (Å²) >= 11 is 1.57. The van der Waals surface area contributed by atoms with Crippen LogP contribution in [0, 0.1) is 0 Å². The van der Waals surface area contributed by atoms with E-state index in [2.05, 4.69) is 23.0 Å². The molecule has 2 aromatic rings. The monoisotopic (exact) mass is 233 g/mol. The predicted octanol–water partition coefficient (Wildman–Crippen LogP) is 2.34. The second-order valence-corrected chi connectivity index (χ2v) is 4.45. The molecule has 2 aromatic heterocycles. The van der Waals surface area contributed by atoms with Gasteiger partial charge in [-0.2, -0.15) is 0 Å². The molecular weight excluding hydrogens is 218 g/mol. The van der Waals surface area contributed by atoms with Crippen molar-refractivity contribution in [2.75, 3.05) is 0 Å². The topological polar surface area (TPSA) is 51.8 Å². The van der Waals surface area contributed by atoms with Crippen molar-refractivity contribution in [2.45, 2.75) is 25.8 Å². The fourth-order valence-corrected chi connectivity index (χ4v) is 2.14. The summed E-state index contributed by atoms with van der Waals surface area (Å²) in [6, 6.07) is 4.10. The highest BCUT2D eigenvalue weighted by Gasteiger charge is 2.09. The van der Waals surface area contributed by atoms with Gasteiger partial charge in [-0.05, 0) is 18.1 Å². The van der Waals surface area contributed by atoms with Gasteiger partial charge < -0.3 is 5.73 Å². The van der Waals surface area contributed by atoms with E-state index in [9.17, 15) is 0 Å². The maximum absolute atomic E-state index is 6.05. The molecular formula is C12H15N3S. The minimum Gasteiger partial charge on any atom is -0.322 e. The van der Waals surface area contributed by atoms with Gasteiger partial charge in [0.05, 0.1) is 17.2 Å². The van der Waals surface area contributed by atoms with Gasteiger partial charge in [-0.25, -0.2) is 4.98 Å². The zero-order chi connectivity index (χ0) is 11.4. The Balaban J connectivity index is 2.03. The maximum atomic E-state index is 6.05. The van der Waals surface area contributed by atoms with Crippen LogP contribution in [0.4, 0.5) is 0 Å². The quantitative estimate of drug-likeness (QED) is 0.882. The fraction of sp³-hybridized carbons (Fsp3) is 0.333. The average Bonchev–Trinajstić information content (AvgIpc) is 2.83. The second-order valence-electron chi connectivity index (χ2n) is 3.74. The Kier molecular flexibility index (Phi) is 3.64. The zero-order valence-corrected chi connectivity index (χ0v) is 10.1. The summed E-state index contributed by atoms with van der Waals surface area (Å²) in [7, 11) is 0. The SMILES string of the molecule is CCc1ccc(CC(N)c2cscn2)nc1. The molecule has 2 N–H and O–H groups in total. The van der Waals surface area contributed by atoms with E-state index < -0.39 is 0 Å². The highest BCUT2D eigenvalue weighted by Crippen LogP contribution is 2.15. The number of hydrogen-bond acceptors (Lipinski definition) is 4. The summed E-state index contributed by atoms with van der Waals surface area (Å²) < 4.78 is 0. The molecule has 0 aliphatic heterocycles. The van der Waals surface area contributed by atoms with Crippen molar-refractivity contribution in [3.63, 3.8) is 0 Å². The molecule has 16 heavy (non-hydrogen) atoms. The van der Waals surface area contributed by atoms with Crippen LogP contribution in [-0.2, 0) is 12.8 Å². The molecule has 0 saturated carbocycles. The Morgan fingerprint density at radius 1 is 1.38 bits per heavy atom. The number of aryl methyl sites for hydroxylation is 1. The normalized spacial score (nSPS) is 12.6. The van der Waals surface area contributed by atoms with Crippen molar-refractivity contribution in [3.05, 3.63) is 46.2 Å². The van der Waals surface area contributed by atoms with Crippen molar-refractivity contribution in [3.8, 4) is 0 Å². The van der Waals surface area contributed by atoms with Gasteiger partial charge in [0.2, 0.25) is 0 Å². The van der Waals surface area contributed by atoms with Gasteiger partial charge in [-0.3, -0.25) is 4.98 Å². The fourth-order valence-electron chi connectivity index (χ4n) is 1.52. The lowest BCUT2D eigenvalue weighted by atomic mass is 10.1. The lowest BCUT2D eigenvalue weighted by Gasteiger charge is -2.08. The van der Waals surface area contributed by atoms with E-state index >= 15 is 0 Å². The van der Waals surface area contributed by atoms with Gasteiger partial charge in [0.15, 0.2) is 0 Å². The molecule has 0 aliphatic rings. The third kappa shape index (κ3) is 2.65. The largest absolute Gasteiger partial charge is 0.322 e. The van der Waals surface area contributed by atoms with Crippen molar-refractivity contribution >= 4 is 11.3 Å². The minimum absolute atomic E-state index is 0.0498. The van der Waals surface area contributed by atoms with Gasteiger partial charge >= 0.3 is 0 Å². The van der Waals surface area contributed by atoms with E-state index in [4.69, 9.17) is 5.73 Å². The van der Waals surface area contributed by atoms with Gasteiger partial charge in [-0.1, -0.05) is 13.0 Å². The van der Waals surface area contributed by atoms with E-state index in [0.29, 0.717) is 0 Å². The second kappa shape index (κ2) is 5.18. The first kappa shape index (κ1) is 11.2. The third-order valence-electron chi connectivity index (χ3n) is 2.55. The molecule has 0 fully saturated rings. The summed E-state index contributed by atoms with van der Waals surface area (Å²) in [5, 5.41) is 1.99. The first-order valence-corrected chi connectivity index (χ1v) is 6.31. The molecule has 0 radical (unpaired) electrons. The van der Waals surface area contributed by atoms with Crippen LogP contribution in [0.15, 0.2) is 29.2 Å². The number of nitrogens with two attached hydrogens (primary N) is 1. The van der Waals surface area contributed by atoms with Gasteiger partial charge in [-0.15, -0.1) is 11.3 Å². The van der Waals surface area contributed by atoms with E-state index in [1.807, 2.05) is 23.2 Å². The van der Waals surface area contributed by atoms with Crippen LogP contribution < -0.4 is 5.73 Å². The third-order valence-corrected chi connectivity index (χ3v) is 3.16. The lowest BCUT2D eigenvalue weighted by molar-refractivity contribution is 0.688. The maximum Gasteiger partial charge on any atom is 0.0795 e. The highest BCUT2D eigenvalue weighted by atomic mass is 32.1. The number of nitrogens with zero attached hydrogens (tertiary/aromatic N) is 2. The Hall–Kier alpha value is -1.26. The Morgan fingerprint density at radius 2 is 2.25 bits per heavy atom. The smallest absolute Gasteiger partial charge is 0.0795 e. The van der Waals surface area contributed by atoms with Gasteiger partial charge in [0.25, 0.3) is 0 Å². The molecule has 0 amide bonds. The van der Waals surface area contributed by atoms with E-state index in [1.165, 1.54) is 5.56 Å². The molecule has 84 valence electrons. The summed E-state index contributed by atoms with van der Waals surface area (Å²) in [6.07, 6.45) is 3.68. The number of hydrogen-bond donors (Lipinski definition) is 1. The Bertz CT molecular complexity index is 422. The van der Waals surface area contributed by atoms with Gasteiger partial charge in [0.1, 0.15) is 0 Å². The van der Waals surface area contributed by atoms with Crippen LogP contribution in [0.25, 0.3) is 0 Å². The molecule has 4 heteroatoms. The summed E-state index contributed by atoms with van der Waals surface area (Å²) in [5.41, 5.74) is 11.1. The number of aromatic nitrogens is 2. The van der Waals surface area contributed by atoms with Crippen LogP contribution in [0.3, 0.4) is 0 Å². The van der Waals surface area contributed by atoms with Crippen LogP contribution in [0.5, 0.6) is 0 Å². The van der Waals surface area contributed by atoms with Crippen LogP contribution in [0.2, 0.25) is 0 Å². The minimum atomic E-state index is -0.0498. The molecule has 2 heterocycles. The van der Waals surface area contributed by atoms with Crippen LogP contribution in [-0.4, -0.2) is 9.97 Å². The molecule has 0 saturated heterocycles. The van der Waals surface area contributed by atoms with Gasteiger partial charge in [0, 0.05) is 23.7 Å². The van der Waals surface area contributed by atoms with Crippen LogP contribution in [0.1, 0.15) is 29.9 Å². The lowest BCUT2D eigenvalue weighted by Crippen LogP contribution is -2.14. The Morgan fingerprint density at radius 3 is 2.81 bits per heavy atom. The predicted molar refractivity (Wildman–Crippen MR) is 66.4 cm³/mol. The number of pyridine rings is 1. The molecule has 0 aliphatic carbocycles. The first-order chi connectivity index (χ1) is 7.79. The highest BCUT2D eigenvalue weighted by molar-refractivity contribution is 7.07. The van der Waals surface area contributed by atoms with E-state index in [0.717, 1.165) is 24.2 Å². The molecule has 0 aromatic carbocycles. The molecule has 1 unspecified atom stereocenters. The summed E-state index contributed by atoms with van der Waals surface area (Å²) in [6.45, 7) is 2.12. The van der Waals surface area contributed by atoms with E-state index in [-0.39, 0.29) is 6.04 Å². The summed E-state index contributed by atoms with van der Waals surface area (Å²) in [5.74, 6) is 0. The van der Waals surface area contributed by atoms with Crippen molar-refractivity contribution < 1.29 is 0 Å². The van der Waals surface area contributed by atoms with Crippen molar-refractivity contribution in [2.24, 2.45) is 5.73 Å². The molecule has 1 atom stereocenters.